The minimum absolute atomic E-state index is 0.0286. The van der Waals surface area contributed by atoms with Gasteiger partial charge in [-0.25, -0.2) is 0 Å². The monoisotopic (exact) mass is 266 g/mol. The van der Waals surface area contributed by atoms with Crippen LogP contribution in [0.2, 0.25) is 0 Å². The van der Waals surface area contributed by atoms with E-state index in [0.717, 1.165) is 19.4 Å². The van der Waals surface area contributed by atoms with E-state index in [0.29, 0.717) is 11.3 Å². The molecule has 3 unspecified atom stereocenters. The summed E-state index contributed by atoms with van der Waals surface area (Å²) in [5, 5.41) is 3.20. The van der Waals surface area contributed by atoms with Crippen LogP contribution in [0.25, 0.3) is 0 Å². The van der Waals surface area contributed by atoms with Crippen LogP contribution < -0.4 is 11.1 Å². The van der Waals surface area contributed by atoms with Gasteiger partial charge in [0.1, 0.15) is 0 Å². The molecule has 2 rings (SSSR count). The lowest BCUT2D eigenvalue weighted by atomic mass is 9.74. The molecule has 0 aromatic rings. The molecule has 3 atom stereocenters. The van der Waals surface area contributed by atoms with Crippen molar-refractivity contribution in [3.05, 3.63) is 0 Å². The minimum atomic E-state index is 0.0286. The molecule has 0 aromatic carbocycles. The Kier molecular flexibility index (Phi) is 4.88. The third-order valence-electron chi connectivity index (χ3n) is 5.32. The first-order valence-corrected chi connectivity index (χ1v) is 8.05. The molecule has 0 spiro atoms. The van der Waals surface area contributed by atoms with Gasteiger partial charge in [-0.3, -0.25) is 4.79 Å². The van der Waals surface area contributed by atoms with Crippen LogP contribution >= 0.6 is 0 Å². The zero-order chi connectivity index (χ0) is 13.9. The minimum Gasteiger partial charge on any atom is -0.355 e. The van der Waals surface area contributed by atoms with E-state index in [1.165, 1.54) is 38.5 Å². The topological polar surface area (TPSA) is 55.1 Å². The Morgan fingerprint density at radius 3 is 2.53 bits per heavy atom. The van der Waals surface area contributed by atoms with Gasteiger partial charge in [-0.1, -0.05) is 39.5 Å². The molecule has 3 N–H and O–H groups in total. The molecule has 0 aromatic heterocycles. The third kappa shape index (κ3) is 3.71. The van der Waals surface area contributed by atoms with Crippen LogP contribution in [0, 0.1) is 17.3 Å². The molecule has 0 aliphatic heterocycles. The molecule has 3 nitrogen and oxygen atoms in total. The van der Waals surface area contributed by atoms with Crippen molar-refractivity contribution in [1.82, 2.24) is 5.32 Å². The molecule has 3 heteroatoms. The second-order valence-corrected chi connectivity index (χ2v) is 7.19. The van der Waals surface area contributed by atoms with Crippen LogP contribution in [0.1, 0.15) is 65.2 Å². The van der Waals surface area contributed by atoms with Gasteiger partial charge in [0.05, 0.1) is 5.92 Å². The van der Waals surface area contributed by atoms with E-state index in [9.17, 15) is 4.79 Å². The molecule has 2 fully saturated rings. The maximum absolute atomic E-state index is 12.4. The Hall–Kier alpha value is -0.570. The number of nitrogens with two attached hydrogens (primary N) is 1. The summed E-state index contributed by atoms with van der Waals surface area (Å²) < 4.78 is 0. The zero-order valence-electron chi connectivity index (χ0n) is 12.6. The van der Waals surface area contributed by atoms with Crippen molar-refractivity contribution in [2.45, 2.75) is 71.3 Å². The summed E-state index contributed by atoms with van der Waals surface area (Å²) in [5.74, 6) is 0.662. The van der Waals surface area contributed by atoms with Crippen molar-refractivity contribution in [2.75, 3.05) is 6.54 Å². The highest BCUT2D eigenvalue weighted by Gasteiger charge is 2.35. The van der Waals surface area contributed by atoms with Gasteiger partial charge < -0.3 is 11.1 Å². The molecule has 0 bridgehead atoms. The fourth-order valence-corrected chi connectivity index (χ4v) is 3.91. The molecular formula is C16H30N2O. The van der Waals surface area contributed by atoms with Gasteiger partial charge in [-0.2, -0.15) is 0 Å². The summed E-state index contributed by atoms with van der Waals surface area (Å²) in [7, 11) is 0. The Balaban J connectivity index is 1.86. The SMILES string of the molecule is CC1CCCC(N)C1C(=O)NCC1(C)CCCCC1. The van der Waals surface area contributed by atoms with Crippen molar-refractivity contribution < 1.29 is 4.79 Å². The Morgan fingerprint density at radius 1 is 1.21 bits per heavy atom. The van der Waals surface area contributed by atoms with Crippen molar-refractivity contribution in [2.24, 2.45) is 23.0 Å². The number of rotatable bonds is 3. The van der Waals surface area contributed by atoms with E-state index in [4.69, 9.17) is 5.73 Å². The smallest absolute Gasteiger partial charge is 0.224 e. The van der Waals surface area contributed by atoms with Gasteiger partial charge in [0.25, 0.3) is 0 Å². The van der Waals surface area contributed by atoms with Crippen molar-refractivity contribution in [3.8, 4) is 0 Å². The quantitative estimate of drug-likeness (QED) is 0.825. The molecule has 1 amide bonds. The first-order chi connectivity index (χ1) is 9.02. The molecule has 2 aliphatic carbocycles. The predicted molar refractivity (Wildman–Crippen MR) is 78.7 cm³/mol. The standard InChI is InChI=1S/C16H30N2O/c1-12-7-6-8-13(17)14(12)15(19)18-11-16(2)9-4-3-5-10-16/h12-14H,3-11,17H2,1-2H3,(H,18,19). The molecule has 2 aliphatic rings. The van der Waals surface area contributed by atoms with Gasteiger partial charge in [0.15, 0.2) is 0 Å². The molecule has 0 heterocycles. The number of carbonyl (C=O) groups is 1. The lowest BCUT2D eigenvalue weighted by Crippen LogP contribution is -2.49. The van der Waals surface area contributed by atoms with Crippen LogP contribution in [0.3, 0.4) is 0 Å². The molecular weight excluding hydrogens is 236 g/mol. The molecule has 110 valence electrons. The Morgan fingerprint density at radius 2 is 1.89 bits per heavy atom. The molecule has 2 saturated carbocycles. The van der Waals surface area contributed by atoms with E-state index >= 15 is 0 Å². The normalized spacial score (nSPS) is 34.8. The second-order valence-electron chi connectivity index (χ2n) is 7.19. The summed E-state index contributed by atoms with van der Waals surface area (Å²) in [6, 6.07) is 0.0583. The van der Waals surface area contributed by atoms with Crippen LogP contribution in [-0.4, -0.2) is 18.5 Å². The number of carbonyl (C=O) groups excluding carboxylic acids is 1. The van der Waals surface area contributed by atoms with Gasteiger partial charge in [0, 0.05) is 12.6 Å². The molecule has 19 heavy (non-hydrogen) atoms. The fourth-order valence-electron chi connectivity index (χ4n) is 3.91. The lowest BCUT2D eigenvalue weighted by Gasteiger charge is -2.36. The largest absolute Gasteiger partial charge is 0.355 e. The summed E-state index contributed by atoms with van der Waals surface area (Å²) in [6.45, 7) is 5.32. The lowest BCUT2D eigenvalue weighted by molar-refractivity contribution is -0.128. The van der Waals surface area contributed by atoms with Crippen LogP contribution in [-0.2, 0) is 4.79 Å². The Bertz CT molecular complexity index is 300. The molecule has 0 saturated heterocycles. The number of hydrogen-bond acceptors (Lipinski definition) is 2. The van der Waals surface area contributed by atoms with E-state index < -0.39 is 0 Å². The van der Waals surface area contributed by atoms with Crippen LogP contribution in [0.5, 0.6) is 0 Å². The van der Waals surface area contributed by atoms with Gasteiger partial charge >= 0.3 is 0 Å². The summed E-state index contributed by atoms with van der Waals surface area (Å²) >= 11 is 0. The van der Waals surface area contributed by atoms with Crippen LogP contribution in [0.4, 0.5) is 0 Å². The fraction of sp³-hybridized carbons (Fsp3) is 0.938. The first kappa shape index (κ1) is 14.8. The summed E-state index contributed by atoms with van der Waals surface area (Å²) in [6.07, 6.45) is 9.79. The maximum Gasteiger partial charge on any atom is 0.224 e. The second kappa shape index (κ2) is 6.25. The summed E-state index contributed by atoms with van der Waals surface area (Å²) in [5.41, 5.74) is 6.47. The van der Waals surface area contributed by atoms with Gasteiger partial charge in [-0.05, 0) is 37.0 Å². The number of hydrogen-bond donors (Lipinski definition) is 2. The van der Waals surface area contributed by atoms with Gasteiger partial charge in [0.2, 0.25) is 5.91 Å². The first-order valence-electron chi connectivity index (χ1n) is 8.05. The van der Waals surface area contributed by atoms with Crippen LogP contribution in [0.15, 0.2) is 0 Å². The Labute approximate surface area is 117 Å². The predicted octanol–water partition coefficient (Wildman–Crippen LogP) is 2.84. The van der Waals surface area contributed by atoms with Crippen molar-refractivity contribution >= 4 is 5.91 Å². The summed E-state index contributed by atoms with van der Waals surface area (Å²) in [4.78, 5) is 12.4. The van der Waals surface area contributed by atoms with Gasteiger partial charge in [-0.15, -0.1) is 0 Å². The van der Waals surface area contributed by atoms with E-state index in [-0.39, 0.29) is 17.9 Å². The van der Waals surface area contributed by atoms with E-state index in [2.05, 4.69) is 19.2 Å². The van der Waals surface area contributed by atoms with E-state index in [1.807, 2.05) is 0 Å². The highest BCUT2D eigenvalue weighted by Crippen LogP contribution is 2.35. The number of amides is 1. The maximum atomic E-state index is 12.4. The zero-order valence-corrected chi connectivity index (χ0v) is 12.6. The highest BCUT2D eigenvalue weighted by atomic mass is 16.1. The molecule has 0 radical (unpaired) electrons. The van der Waals surface area contributed by atoms with E-state index in [1.54, 1.807) is 0 Å². The number of nitrogens with one attached hydrogen (secondary N) is 1. The average molecular weight is 266 g/mol. The van der Waals surface area contributed by atoms with Crippen molar-refractivity contribution in [3.63, 3.8) is 0 Å². The third-order valence-corrected chi connectivity index (χ3v) is 5.32. The average Bonchev–Trinajstić information content (AvgIpc) is 2.37. The van der Waals surface area contributed by atoms with Crippen molar-refractivity contribution in [1.29, 1.82) is 0 Å². The highest BCUT2D eigenvalue weighted by molar-refractivity contribution is 5.79.